The van der Waals surface area contributed by atoms with E-state index in [4.69, 9.17) is 22.3 Å². The molecule has 0 bridgehead atoms. The molecular formula is C16H28N6O7. The third-order valence-electron chi connectivity index (χ3n) is 3.56. The van der Waals surface area contributed by atoms with Crippen LogP contribution in [0.4, 0.5) is 0 Å². The second kappa shape index (κ2) is 12.3. The van der Waals surface area contributed by atoms with Gasteiger partial charge in [-0.05, 0) is 12.3 Å². The summed E-state index contributed by atoms with van der Waals surface area (Å²) in [6.07, 6.45) is -0.931. The Morgan fingerprint density at radius 3 is 1.83 bits per heavy atom. The number of hydrogen-bond donors (Lipinski definition) is 7. The molecule has 0 aliphatic carbocycles. The number of carboxylic acid groups (broad SMARTS) is 1. The third-order valence-corrected chi connectivity index (χ3v) is 3.56. The smallest absolute Gasteiger partial charge is 0.326 e. The zero-order chi connectivity index (χ0) is 22.7. The summed E-state index contributed by atoms with van der Waals surface area (Å²) in [5.74, 6) is -5.77. The predicted molar refractivity (Wildman–Crippen MR) is 99.6 cm³/mol. The summed E-state index contributed by atoms with van der Waals surface area (Å²) >= 11 is 0. The van der Waals surface area contributed by atoms with Crippen LogP contribution >= 0.6 is 0 Å². The average molecular weight is 416 g/mol. The summed E-state index contributed by atoms with van der Waals surface area (Å²) in [5.41, 5.74) is 15.6. The van der Waals surface area contributed by atoms with E-state index in [-0.39, 0.29) is 5.92 Å². The third kappa shape index (κ3) is 11.3. The van der Waals surface area contributed by atoms with E-state index in [1.54, 1.807) is 0 Å². The van der Waals surface area contributed by atoms with Crippen molar-refractivity contribution in [2.24, 2.45) is 23.1 Å². The average Bonchev–Trinajstić information content (AvgIpc) is 2.56. The number of nitrogens with two attached hydrogens (primary N) is 3. The summed E-state index contributed by atoms with van der Waals surface area (Å²) in [4.78, 5) is 69.2. The summed E-state index contributed by atoms with van der Waals surface area (Å²) in [6, 6.07) is -3.99. The lowest BCUT2D eigenvalue weighted by Gasteiger charge is -2.20. The monoisotopic (exact) mass is 416 g/mol. The summed E-state index contributed by atoms with van der Waals surface area (Å²) in [5, 5.41) is 15.5. The van der Waals surface area contributed by atoms with Crippen LogP contribution in [0.5, 0.6) is 0 Å². The first-order chi connectivity index (χ1) is 13.3. The zero-order valence-electron chi connectivity index (χ0n) is 16.3. The van der Waals surface area contributed by atoms with E-state index in [9.17, 15) is 28.8 Å². The molecule has 29 heavy (non-hydrogen) atoms. The van der Waals surface area contributed by atoms with Gasteiger partial charge in [-0.2, -0.15) is 0 Å². The molecule has 13 heteroatoms. The number of nitrogens with one attached hydrogen (secondary N) is 3. The fourth-order valence-electron chi connectivity index (χ4n) is 2.24. The van der Waals surface area contributed by atoms with Crippen molar-refractivity contribution < 1.29 is 33.9 Å². The SMILES string of the molecule is CC(C)CC(N)C(=O)NCC(=O)NC(CC(N)=O)C(=O)NC(CC(N)=O)C(=O)O. The number of primary amides is 2. The lowest BCUT2D eigenvalue weighted by molar-refractivity contribution is -0.143. The first-order valence-corrected chi connectivity index (χ1v) is 8.75. The normalized spacial score (nSPS) is 13.7. The molecule has 0 aliphatic rings. The van der Waals surface area contributed by atoms with Crippen molar-refractivity contribution >= 4 is 35.5 Å². The van der Waals surface area contributed by atoms with E-state index in [0.717, 1.165) is 0 Å². The molecule has 0 spiro atoms. The molecule has 0 saturated carbocycles. The Morgan fingerprint density at radius 2 is 1.38 bits per heavy atom. The Kier molecular flexibility index (Phi) is 10.9. The van der Waals surface area contributed by atoms with Gasteiger partial charge in [0, 0.05) is 0 Å². The highest BCUT2D eigenvalue weighted by Crippen LogP contribution is 2.02. The lowest BCUT2D eigenvalue weighted by Crippen LogP contribution is -2.55. The minimum absolute atomic E-state index is 0.163. The van der Waals surface area contributed by atoms with Crippen LogP contribution in [0, 0.1) is 5.92 Å². The minimum atomic E-state index is -1.65. The standard InChI is InChI=1S/C16H28N6O7/c1-7(2)3-8(17)14(26)20-6-13(25)21-9(4-11(18)23)15(27)22-10(16(28)29)5-12(19)24/h7-10H,3-6,17H2,1-2H3,(H2,18,23)(H2,19,24)(H,20,26)(H,21,25)(H,22,27)(H,28,29). The van der Waals surface area contributed by atoms with Gasteiger partial charge in [0.15, 0.2) is 0 Å². The van der Waals surface area contributed by atoms with E-state index >= 15 is 0 Å². The minimum Gasteiger partial charge on any atom is -0.480 e. The Labute approximate surface area is 167 Å². The molecule has 0 radical (unpaired) electrons. The van der Waals surface area contributed by atoms with Crippen LogP contribution in [0.3, 0.4) is 0 Å². The number of hydrogen-bond acceptors (Lipinski definition) is 7. The Bertz CT molecular complexity index is 652. The van der Waals surface area contributed by atoms with Gasteiger partial charge in [0.05, 0.1) is 25.4 Å². The van der Waals surface area contributed by atoms with Crippen molar-refractivity contribution in [3.63, 3.8) is 0 Å². The number of aliphatic carboxylic acids is 1. The van der Waals surface area contributed by atoms with Gasteiger partial charge in [0.2, 0.25) is 29.5 Å². The molecule has 10 N–H and O–H groups in total. The van der Waals surface area contributed by atoms with Crippen LogP contribution in [0.25, 0.3) is 0 Å². The fraction of sp³-hybridized carbons (Fsp3) is 0.625. The fourth-order valence-corrected chi connectivity index (χ4v) is 2.24. The number of rotatable bonds is 13. The predicted octanol–water partition coefficient (Wildman–Crippen LogP) is -3.72. The summed E-state index contributed by atoms with van der Waals surface area (Å²) in [6.45, 7) is 3.21. The molecule has 3 unspecified atom stereocenters. The molecular weight excluding hydrogens is 388 g/mol. The first kappa shape index (κ1) is 25.8. The van der Waals surface area contributed by atoms with Crippen LogP contribution < -0.4 is 33.2 Å². The van der Waals surface area contributed by atoms with Gasteiger partial charge in [0.25, 0.3) is 0 Å². The van der Waals surface area contributed by atoms with Gasteiger partial charge in [-0.25, -0.2) is 4.79 Å². The molecule has 0 aromatic rings. The van der Waals surface area contributed by atoms with Gasteiger partial charge in [-0.1, -0.05) is 13.8 Å². The lowest BCUT2D eigenvalue weighted by atomic mass is 10.0. The quantitative estimate of drug-likeness (QED) is 0.157. The van der Waals surface area contributed by atoms with E-state index < -0.39 is 73.0 Å². The van der Waals surface area contributed by atoms with Gasteiger partial charge >= 0.3 is 5.97 Å². The van der Waals surface area contributed by atoms with Gasteiger partial charge in [-0.15, -0.1) is 0 Å². The molecule has 0 aliphatic heterocycles. The van der Waals surface area contributed by atoms with Crippen molar-refractivity contribution in [3.8, 4) is 0 Å². The summed E-state index contributed by atoms with van der Waals surface area (Å²) < 4.78 is 0. The highest BCUT2D eigenvalue weighted by Gasteiger charge is 2.29. The Hall–Kier alpha value is -3.22. The first-order valence-electron chi connectivity index (χ1n) is 8.75. The topological polar surface area (TPSA) is 237 Å². The van der Waals surface area contributed by atoms with E-state index in [1.807, 2.05) is 19.2 Å². The van der Waals surface area contributed by atoms with Crippen LogP contribution in [-0.4, -0.2) is 65.3 Å². The van der Waals surface area contributed by atoms with Crippen LogP contribution in [0.1, 0.15) is 33.1 Å². The molecule has 0 aromatic heterocycles. The largest absolute Gasteiger partial charge is 0.480 e. The van der Waals surface area contributed by atoms with E-state index in [1.165, 1.54) is 0 Å². The maximum atomic E-state index is 12.2. The Balaban J connectivity index is 4.92. The molecule has 3 atom stereocenters. The zero-order valence-corrected chi connectivity index (χ0v) is 16.3. The molecule has 0 saturated heterocycles. The number of carboxylic acids is 1. The molecule has 13 nitrogen and oxygen atoms in total. The summed E-state index contributed by atoms with van der Waals surface area (Å²) in [7, 11) is 0. The van der Waals surface area contributed by atoms with Crippen LogP contribution in [0.15, 0.2) is 0 Å². The highest BCUT2D eigenvalue weighted by molar-refractivity contribution is 5.95. The molecule has 0 aromatic carbocycles. The number of carbonyl (C=O) groups is 6. The van der Waals surface area contributed by atoms with Crippen LogP contribution in [0.2, 0.25) is 0 Å². The maximum Gasteiger partial charge on any atom is 0.326 e. The van der Waals surface area contributed by atoms with Crippen molar-refractivity contribution in [1.29, 1.82) is 0 Å². The van der Waals surface area contributed by atoms with Crippen molar-refractivity contribution in [2.45, 2.75) is 51.2 Å². The van der Waals surface area contributed by atoms with Gasteiger partial charge in [-0.3, -0.25) is 24.0 Å². The highest BCUT2D eigenvalue weighted by atomic mass is 16.4. The molecule has 164 valence electrons. The second-order valence-corrected chi connectivity index (χ2v) is 6.81. The molecule has 0 fully saturated rings. The molecule has 0 heterocycles. The van der Waals surface area contributed by atoms with Crippen molar-refractivity contribution in [2.75, 3.05) is 6.54 Å². The van der Waals surface area contributed by atoms with E-state index in [0.29, 0.717) is 6.42 Å². The van der Waals surface area contributed by atoms with E-state index in [2.05, 4.69) is 10.6 Å². The maximum absolute atomic E-state index is 12.2. The van der Waals surface area contributed by atoms with Crippen molar-refractivity contribution in [1.82, 2.24) is 16.0 Å². The molecule has 0 rings (SSSR count). The van der Waals surface area contributed by atoms with Crippen molar-refractivity contribution in [3.05, 3.63) is 0 Å². The van der Waals surface area contributed by atoms with Crippen LogP contribution in [-0.2, 0) is 28.8 Å². The number of amides is 5. The Morgan fingerprint density at radius 1 is 0.862 bits per heavy atom. The second-order valence-electron chi connectivity index (χ2n) is 6.81. The van der Waals surface area contributed by atoms with Gasteiger partial charge < -0.3 is 38.3 Å². The van der Waals surface area contributed by atoms with Gasteiger partial charge in [0.1, 0.15) is 12.1 Å². The number of carbonyl (C=O) groups excluding carboxylic acids is 5. The molecule has 5 amide bonds.